The third-order valence-electron chi connectivity index (χ3n) is 8.27. The van der Waals surface area contributed by atoms with Crippen LogP contribution in [0.4, 0.5) is 8.78 Å². The van der Waals surface area contributed by atoms with Gasteiger partial charge >= 0.3 is 0 Å². The molecule has 0 saturated carbocycles. The van der Waals surface area contributed by atoms with Crippen molar-refractivity contribution in [3.05, 3.63) is 94.6 Å². The average Bonchev–Trinajstić information content (AvgIpc) is 2.96. The molecular formula is C35H47F2N3O3. The smallest absolute Gasteiger partial charge is 0.249 e. The van der Waals surface area contributed by atoms with Crippen molar-refractivity contribution in [2.24, 2.45) is 17.1 Å². The Balaban J connectivity index is 1.92. The Kier molecular flexibility index (Phi) is 12.6. The van der Waals surface area contributed by atoms with Crippen molar-refractivity contribution in [1.82, 2.24) is 10.2 Å². The zero-order valence-electron chi connectivity index (χ0n) is 25.9. The highest BCUT2D eigenvalue weighted by atomic mass is 19.1. The molecule has 43 heavy (non-hydrogen) atoms. The third kappa shape index (κ3) is 9.31. The van der Waals surface area contributed by atoms with Crippen LogP contribution in [0, 0.1) is 23.0 Å². The molecule has 234 valence electrons. The van der Waals surface area contributed by atoms with Crippen LogP contribution in [0.5, 0.6) is 0 Å². The number of nitrogens with zero attached hydrogens (tertiary/aromatic N) is 1. The molecule has 4 N–H and O–H groups in total. The number of carbonyl (C=O) groups is 2. The molecule has 2 aromatic rings. The average molecular weight is 596 g/mol. The van der Waals surface area contributed by atoms with Gasteiger partial charge in [-0.1, -0.05) is 61.9 Å². The molecule has 1 aliphatic carbocycles. The number of aliphatic hydroxyl groups excluding tert-OH is 1. The van der Waals surface area contributed by atoms with Gasteiger partial charge in [0.2, 0.25) is 11.8 Å². The van der Waals surface area contributed by atoms with E-state index in [0.717, 1.165) is 31.7 Å². The van der Waals surface area contributed by atoms with Gasteiger partial charge in [0.05, 0.1) is 11.5 Å². The number of hydrogen-bond donors (Lipinski definition) is 3. The molecular weight excluding hydrogens is 548 g/mol. The lowest BCUT2D eigenvalue weighted by Crippen LogP contribution is -2.52. The van der Waals surface area contributed by atoms with Gasteiger partial charge in [-0.3, -0.25) is 9.59 Å². The predicted octanol–water partition coefficient (Wildman–Crippen LogP) is 5.49. The SMILES string of the molecule is CCCN(CCC)C(=O)C1=CC(C)=CC(C(N)=O)([C@H](Cc2cc(F)cc(F)c2)[C@@H](O)CNC(C)CCc2ccccc2)C1. The van der Waals surface area contributed by atoms with Crippen molar-refractivity contribution in [3.63, 3.8) is 0 Å². The first-order valence-corrected chi connectivity index (χ1v) is 15.4. The third-order valence-corrected chi connectivity index (χ3v) is 8.27. The lowest BCUT2D eigenvalue weighted by atomic mass is 9.63. The summed E-state index contributed by atoms with van der Waals surface area (Å²) in [5.41, 5.74) is 7.29. The Bertz CT molecular complexity index is 1270. The Hall–Kier alpha value is -3.36. The fraction of sp³-hybridized carbons (Fsp3) is 0.486. The highest BCUT2D eigenvalue weighted by Crippen LogP contribution is 2.44. The van der Waals surface area contributed by atoms with Crippen LogP contribution in [0.15, 0.2) is 71.8 Å². The number of aliphatic hydroxyl groups is 1. The van der Waals surface area contributed by atoms with E-state index in [-0.39, 0.29) is 31.3 Å². The van der Waals surface area contributed by atoms with Gasteiger partial charge in [-0.05, 0) is 75.6 Å². The van der Waals surface area contributed by atoms with Gasteiger partial charge in [0.1, 0.15) is 11.6 Å². The van der Waals surface area contributed by atoms with Gasteiger partial charge in [-0.2, -0.15) is 0 Å². The lowest BCUT2D eigenvalue weighted by Gasteiger charge is -2.42. The fourth-order valence-electron chi connectivity index (χ4n) is 6.15. The maximum atomic E-state index is 14.2. The van der Waals surface area contributed by atoms with Crippen LogP contribution in [0.1, 0.15) is 64.5 Å². The number of rotatable bonds is 16. The maximum Gasteiger partial charge on any atom is 0.249 e. The molecule has 2 unspecified atom stereocenters. The highest BCUT2D eigenvalue weighted by Gasteiger charge is 2.48. The molecule has 0 aliphatic heterocycles. The quantitative estimate of drug-likeness (QED) is 0.239. The molecule has 1 aliphatic rings. The molecule has 0 aromatic heterocycles. The molecule has 0 bridgehead atoms. The summed E-state index contributed by atoms with van der Waals surface area (Å²) in [5, 5.41) is 15.1. The number of carbonyl (C=O) groups excluding carboxylic acids is 2. The van der Waals surface area contributed by atoms with Crippen LogP contribution in [0.2, 0.25) is 0 Å². The molecule has 0 saturated heterocycles. The number of primary amides is 1. The Morgan fingerprint density at radius 1 is 1.05 bits per heavy atom. The zero-order chi connectivity index (χ0) is 31.6. The molecule has 6 nitrogen and oxygen atoms in total. The first kappa shape index (κ1) is 34.1. The van der Waals surface area contributed by atoms with E-state index in [1.807, 2.05) is 39.0 Å². The van der Waals surface area contributed by atoms with Gasteiger partial charge in [-0.25, -0.2) is 8.78 Å². The molecule has 2 aromatic carbocycles. The van der Waals surface area contributed by atoms with E-state index < -0.39 is 35.0 Å². The number of aryl methyl sites for hydroxylation is 1. The van der Waals surface area contributed by atoms with Crippen molar-refractivity contribution in [3.8, 4) is 0 Å². The zero-order valence-corrected chi connectivity index (χ0v) is 25.9. The molecule has 3 rings (SSSR count). The first-order chi connectivity index (χ1) is 20.5. The van der Waals surface area contributed by atoms with Crippen LogP contribution in [-0.2, 0) is 22.4 Å². The summed E-state index contributed by atoms with van der Waals surface area (Å²) in [7, 11) is 0. The summed E-state index contributed by atoms with van der Waals surface area (Å²) in [6.45, 7) is 9.11. The van der Waals surface area contributed by atoms with E-state index in [1.54, 1.807) is 24.0 Å². The second kappa shape index (κ2) is 15.9. The maximum absolute atomic E-state index is 14.2. The summed E-state index contributed by atoms with van der Waals surface area (Å²) in [6, 6.07) is 13.4. The van der Waals surface area contributed by atoms with E-state index in [1.165, 1.54) is 17.7 Å². The Morgan fingerprint density at radius 2 is 1.67 bits per heavy atom. The molecule has 0 spiro atoms. The van der Waals surface area contributed by atoms with Gasteiger partial charge in [0, 0.05) is 43.2 Å². The number of amides is 2. The molecule has 0 heterocycles. The number of halogens is 2. The van der Waals surface area contributed by atoms with Gasteiger partial charge < -0.3 is 21.1 Å². The minimum atomic E-state index is -1.45. The molecule has 4 atom stereocenters. The van der Waals surface area contributed by atoms with Crippen LogP contribution >= 0.6 is 0 Å². The number of nitrogens with two attached hydrogens (primary N) is 1. The Morgan fingerprint density at radius 3 is 2.26 bits per heavy atom. The standard InChI is InChI=1S/C35H47F2N3O3/c1-5-14-40(15-6-2)33(42)28-16-24(3)21-35(22-28,34(38)43)31(19-27-17-29(36)20-30(37)18-27)32(41)23-39-25(4)12-13-26-10-8-7-9-11-26/h7-11,16-18,20-21,25,31-32,39,41H,5-6,12-15,19,22-23H2,1-4H3,(H2,38,43)/t25?,31-,32+,35?/m1/s1. The Labute approximate surface area is 255 Å². The topological polar surface area (TPSA) is 95.7 Å². The monoisotopic (exact) mass is 595 g/mol. The number of hydrogen-bond acceptors (Lipinski definition) is 4. The van der Waals surface area contributed by atoms with Crippen LogP contribution in [-0.4, -0.2) is 53.6 Å². The minimum Gasteiger partial charge on any atom is -0.391 e. The first-order valence-electron chi connectivity index (χ1n) is 15.4. The fourth-order valence-corrected chi connectivity index (χ4v) is 6.15. The normalized spacial score (nSPS) is 18.8. The van der Waals surface area contributed by atoms with Crippen LogP contribution in [0.3, 0.4) is 0 Å². The van der Waals surface area contributed by atoms with Crippen molar-refractivity contribution < 1.29 is 23.5 Å². The molecule has 0 fully saturated rings. The van der Waals surface area contributed by atoms with E-state index in [0.29, 0.717) is 29.8 Å². The van der Waals surface area contributed by atoms with Gasteiger partial charge in [0.25, 0.3) is 0 Å². The van der Waals surface area contributed by atoms with E-state index in [4.69, 9.17) is 5.73 Å². The number of benzene rings is 2. The van der Waals surface area contributed by atoms with Crippen molar-refractivity contribution in [2.75, 3.05) is 19.6 Å². The van der Waals surface area contributed by atoms with Crippen molar-refractivity contribution >= 4 is 11.8 Å². The largest absolute Gasteiger partial charge is 0.391 e. The van der Waals surface area contributed by atoms with E-state index in [9.17, 15) is 23.5 Å². The van der Waals surface area contributed by atoms with Crippen molar-refractivity contribution in [1.29, 1.82) is 0 Å². The molecule has 8 heteroatoms. The van der Waals surface area contributed by atoms with Crippen molar-refractivity contribution in [2.45, 2.75) is 78.4 Å². The number of nitrogens with one attached hydrogen (secondary N) is 1. The van der Waals surface area contributed by atoms with Gasteiger partial charge in [0.15, 0.2) is 0 Å². The van der Waals surface area contributed by atoms with Crippen LogP contribution < -0.4 is 11.1 Å². The summed E-state index contributed by atoms with van der Waals surface area (Å²) in [4.78, 5) is 28.9. The molecule has 2 amide bonds. The second-order valence-electron chi connectivity index (χ2n) is 11.9. The summed E-state index contributed by atoms with van der Waals surface area (Å²) in [5.74, 6) is -3.22. The summed E-state index contributed by atoms with van der Waals surface area (Å²) in [6.07, 6.45) is 5.61. The summed E-state index contributed by atoms with van der Waals surface area (Å²) >= 11 is 0. The highest BCUT2D eigenvalue weighted by molar-refractivity contribution is 5.96. The number of allylic oxidation sites excluding steroid dienone is 2. The van der Waals surface area contributed by atoms with E-state index >= 15 is 0 Å². The second-order valence-corrected chi connectivity index (χ2v) is 11.9. The molecule has 0 radical (unpaired) electrons. The van der Waals surface area contributed by atoms with Crippen LogP contribution in [0.25, 0.3) is 0 Å². The minimum absolute atomic E-state index is 0.00841. The van der Waals surface area contributed by atoms with Gasteiger partial charge in [-0.15, -0.1) is 0 Å². The lowest BCUT2D eigenvalue weighted by molar-refractivity contribution is -0.132. The predicted molar refractivity (Wildman–Crippen MR) is 167 cm³/mol. The van der Waals surface area contributed by atoms with E-state index in [2.05, 4.69) is 17.4 Å². The summed E-state index contributed by atoms with van der Waals surface area (Å²) < 4.78 is 28.5.